The molecule has 2 aromatic carbocycles. The zero-order valence-corrected chi connectivity index (χ0v) is 15.9. The van der Waals surface area contributed by atoms with Gasteiger partial charge in [-0.2, -0.15) is 18.3 Å². The Bertz CT molecular complexity index is 1070. The van der Waals surface area contributed by atoms with E-state index in [0.29, 0.717) is 23.5 Å². The Morgan fingerprint density at radius 2 is 1.57 bits per heavy atom. The van der Waals surface area contributed by atoms with Crippen LogP contribution >= 0.6 is 0 Å². The van der Waals surface area contributed by atoms with Crippen LogP contribution in [0.25, 0.3) is 22.4 Å². The Morgan fingerprint density at radius 1 is 1.00 bits per heavy atom. The quantitative estimate of drug-likeness (QED) is 0.669. The summed E-state index contributed by atoms with van der Waals surface area (Å²) in [7, 11) is -3.41. The van der Waals surface area contributed by atoms with Crippen molar-refractivity contribution < 1.29 is 26.3 Å². The molecular formula is C19H17F3N2O3S. The molecule has 0 aliphatic rings. The molecule has 0 bridgehead atoms. The van der Waals surface area contributed by atoms with Gasteiger partial charge in [0.15, 0.2) is 9.84 Å². The van der Waals surface area contributed by atoms with Crippen LogP contribution in [0.4, 0.5) is 13.2 Å². The summed E-state index contributed by atoms with van der Waals surface area (Å²) in [6.07, 6.45) is -3.57. The zero-order valence-electron chi connectivity index (χ0n) is 15.0. The van der Waals surface area contributed by atoms with Gasteiger partial charge in [-0.1, -0.05) is 24.3 Å². The smallest absolute Gasteiger partial charge is 0.433 e. The van der Waals surface area contributed by atoms with Gasteiger partial charge in [0.25, 0.3) is 0 Å². The van der Waals surface area contributed by atoms with E-state index in [2.05, 4.69) is 10.2 Å². The number of aromatic amines is 1. The average Bonchev–Trinajstić information content (AvgIpc) is 3.07. The maximum atomic E-state index is 13.5. The number of ether oxygens (including phenoxy) is 1. The van der Waals surface area contributed by atoms with E-state index in [0.717, 1.165) is 6.26 Å². The van der Waals surface area contributed by atoms with Crippen LogP contribution in [-0.4, -0.2) is 31.5 Å². The fraction of sp³-hybridized carbons (Fsp3) is 0.211. The average molecular weight is 410 g/mol. The van der Waals surface area contributed by atoms with E-state index in [1.807, 2.05) is 6.92 Å². The molecule has 9 heteroatoms. The molecule has 0 amide bonds. The first-order valence-electron chi connectivity index (χ1n) is 8.30. The number of H-pyrrole nitrogens is 1. The van der Waals surface area contributed by atoms with Crippen molar-refractivity contribution >= 4 is 9.84 Å². The Morgan fingerprint density at radius 3 is 2.07 bits per heavy atom. The highest BCUT2D eigenvalue weighted by Crippen LogP contribution is 2.41. The van der Waals surface area contributed by atoms with Crippen LogP contribution in [0.1, 0.15) is 12.6 Å². The second kappa shape index (κ2) is 7.31. The molecule has 0 saturated heterocycles. The molecule has 0 aliphatic heterocycles. The summed E-state index contributed by atoms with van der Waals surface area (Å²) in [6.45, 7) is 2.25. The lowest BCUT2D eigenvalue weighted by atomic mass is 9.98. The van der Waals surface area contributed by atoms with Crippen LogP contribution < -0.4 is 4.74 Å². The van der Waals surface area contributed by atoms with Gasteiger partial charge in [0.1, 0.15) is 17.1 Å². The molecule has 0 radical (unpaired) electrons. The fourth-order valence-electron chi connectivity index (χ4n) is 2.78. The third kappa shape index (κ3) is 4.04. The molecule has 1 aromatic heterocycles. The third-order valence-corrected chi connectivity index (χ3v) is 5.19. The molecule has 148 valence electrons. The van der Waals surface area contributed by atoms with Crippen LogP contribution in [0.15, 0.2) is 53.4 Å². The number of hydrogen-bond acceptors (Lipinski definition) is 4. The minimum absolute atomic E-state index is 0.0745. The Labute approximate surface area is 160 Å². The van der Waals surface area contributed by atoms with Gasteiger partial charge in [-0.05, 0) is 36.8 Å². The molecule has 0 fully saturated rings. The van der Waals surface area contributed by atoms with Crippen molar-refractivity contribution in [3.05, 3.63) is 54.2 Å². The molecule has 0 atom stereocenters. The van der Waals surface area contributed by atoms with Crippen molar-refractivity contribution in [2.24, 2.45) is 0 Å². The highest BCUT2D eigenvalue weighted by molar-refractivity contribution is 7.90. The number of alkyl halides is 3. The monoisotopic (exact) mass is 410 g/mol. The second-order valence-corrected chi connectivity index (χ2v) is 8.09. The van der Waals surface area contributed by atoms with E-state index in [-0.39, 0.29) is 16.2 Å². The van der Waals surface area contributed by atoms with E-state index in [4.69, 9.17) is 4.74 Å². The first-order valence-corrected chi connectivity index (χ1v) is 10.2. The summed E-state index contributed by atoms with van der Waals surface area (Å²) in [5.74, 6) is 0.544. The summed E-state index contributed by atoms with van der Waals surface area (Å²) >= 11 is 0. The van der Waals surface area contributed by atoms with Crippen molar-refractivity contribution in [1.29, 1.82) is 0 Å². The maximum Gasteiger partial charge on any atom is 0.433 e. The number of nitrogens with one attached hydrogen (secondary N) is 1. The molecule has 3 aromatic rings. The minimum Gasteiger partial charge on any atom is -0.494 e. The van der Waals surface area contributed by atoms with E-state index in [1.54, 1.807) is 12.1 Å². The van der Waals surface area contributed by atoms with Crippen molar-refractivity contribution in [1.82, 2.24) is 10.2 Å². The van der Waals surface area contributed by atoms with Gasteiger partial charge in [-0.3, -0.25) is 5.10 Å². The van der Waals surface area contributed by atoms with E-state index < -0.39 is 21.7 Å². The van der Waals surface area contributed by atoms with Gasteiger partial charge < -0.3 is 4.74 Å². The molecule has 0 saturated carbocycles. The zero-order chi connectivity index (χ0) is 20.5. The van der Waals surface area contributed by atoms with Crippen molar-refractivity contribution in [2.45, 2.75) is 18.0 Å². The number of sulfone groups is 1. The molecule has 0 spiro atoms. The molecule has 0 unspecified atom stereocenters. The molecular weight excluding hydrogens is 393 g/mol. The Hall–Kier alpha value is -2.81. The van der Waals surface area contributed by atoms with Gasteiger partial charge >= 0.3 is 6.18 Å². The molecule has 0 aliphatic carbocycles. The molecule has 1 heterocycles. The van der Waals surface area contributed by atoms with Gasteiger partial charge in [0, 0.05) is 17.4 Å². The van der Waals surface area contributed by atoms with Gasteiger partial charge in [0.05, 0.1) is 11.5 Å². The number of nitrogens with zero attached hydrogens (tertiary/aromatic N) is 1. The molecule has 28 heavy (non-hydrogen) atoms. The lowest BCUT2D eigenvalue weighted by Gasteiger charge is -2.10. The van der Waals surface area contributed by atoms with Crippen LogP contribution in [-0.2, 0) is 16.0 Å². The molecule has 5 nitrogen and oxygen atoms in total. The van der Waals surface area contributed by atoms with Gasteiger partial charge in [0.2, 0.25) is 0 Å². The van der Waals surface area contributed by atoms with Gasteiger partial charge in [-0.15, -0.1) is 0 Å². The van der Waals surface area contributed by atoms with Gasteiger partial charge in [-0.25, -0.2) is 8.42 Å². The van der Waals surface area contributed by atoms with Crippen LogP contribution in [0.5, 0.6) is 5.75 Å². The number of halogens is 3. The maximum absolute atomic E-state index is 13.5. The summed E-state index contributed by atoms with van der Waals surface area (Å²) in [5, 5.41) is 5.93. The minimum atomic E-state index is -4.63. The summed E-state index contributed by atoms with van der Waals surface area (Å²) in [5.41, 5.74) is -0.326. The van der Waals surface area contributed by atoms with Crippen molar-refractivity contribution in [3.8, 4) is 28.1 Å². The Balaban J connectivity index is 2.14. The largest absolute Gasteiger partial charge is 0.494 e. The third-order valence-electron chi connectivity index (χ3n) is 4.06. The number of aromatic nitrogens is 2. The van der Waals surface area contributed by atoms with Crippen LogP contribution in [0, 0.1) is 0 Å². The topological polar surface area (TPSA) is 72.1 Å². The fourth-order valence-corrected chi connectivity index (χ4v) is 3.41. The SMILES string of the molecule is CCOc1ccc(-c2c(-c3ccc(S(C)(=O)=O)cc3)n[nH]c2C(F)(F)F)cc1. The van der Waals surface area contributed by atoms with Crippen LogP contribution in [0.2, 0.25) is 0 Å². The number of rotatable bonds is 5. The normalized spacial score (nSPS) is 12.2. The first kappa shape index (κ1) is 19.9. The molecule has 3 rings (SSSR count). The number of benzene rings is 2. The van der Waals surface area contributed by atoms with E-state index in [1.165, 1.54) is 36.4 Å². The number of hydrogen-bond donors (Lipinski definition) is 1. The summed E-state index contributed by atoms with van der Waals surface area (Å²) in [6, 6.07) is 11.8. The Kier molecular flexibility index (Phi) is 5.20. The lowest BCUT2D eigenvalue weighted by molar-refractivity contribution is -0.140. The second-order valence-electron chi connectivity index (χ2n) is 6.07. The summed E-state index contributed by atoms with van der Waals surface area (Å²) < 4.78 is 69.1. The predicted molar refractivity (Wildman–Crippen MR) is 98.7 cm³/mol. The summed E-state index contributed by atoms with van der Waals surface area (Å²) in [4.78, 5) is 0.0745. The molecule has 1 N–H and O–H groups in total. The van der Waals surface area contributed by atoms with Crippen molar-refractivity contribution in [2.75, 3.05) is 12.9 Å². The highest BCUT2D eigenvalue weighted by atomic mass is 32.2. The van der Waals surface area contributed by atoms with Crippen molar-refractivity contribution in [3.63, 3.8) is 0 Å². The van der Waals surface area contributed by atoms with Crippen LogP contribution in [0.3, 0.4) is 0 Å². The van der Waals surface area contributed by atoms with E-state index >= 15 is 0 Å². The standard InChI is InChI=1S/C19H17F3N2O3S/c1-3-27-14-8-4-12(5-9-14)16-17(23-24-18(16)19(20,21)22)13-6-10-15(11-7-13)28(2,25)26/h4-11H,3H2,1-2H3,(H,23,24). The first-order chi connectivity index (χ1) is 13.1. The lowest BCUT2D eigenvalue weighted by Crippen LogP contribution is -2.07. The predicted octanol–water partition coefficient (Wildman–Crippen LogP) is 4.56. The highest BCUT2D eigenvalue weighted by Gasteiger charge is 2.38. The van der Waals surface area contributed by atoms with E-state index in [9.17, 15) is 21.6 Å².